The smallest absolute Gasteiger partial charge is 0.0398 e. The SMILES string of the molecule is CNC(c1cccc2ccsc12)C(C)c1ccccc1. The maximum Gasteiger partial charge on any atom is 0.0398 e. The molecule has 2 atom stereocenters. The maximum absolute atomic E-state index is 3.51. The Bertz CT molecular complexity index is 687. The van der Waals surface area contributed by atoms with E-state index >= 15 is 0 Å². The van der Waals surface area contributed by atoms with Gasteiger partial charge in [-0.1, -0.05) is 55.5 Å². The fraction of sp³-hybridized carbons (Fsp3) is 0.222. The molecule has 2 heteroatoms. The molecule has 102 valence electrons. The lowest BCUT2D eigenvalue weighted by Crippen LogP contribution is -2.22. The first kappa shape index (κ1) is 13.3. The number of likely N-dealkylation sites (N-methyl/N-ethyl adjacent to an activating group) is 1. The second-order valence-corrected chi connectivity index (χ2v) is 6.07. The first-order chi connectivity index (χ1) is 9.81. The van der Waals surface area contributed by atoms with Gasteiger partial charge in [0.05, 0.1) is 0 Å². The lowest BCUT2D eigenvalue weighted by atomic mass is 9.88. The van der Waals surface area contributed by atoms with E-state index in [1.165, 1.54) is 21.2 Å². The van der Waals surface area contributed by atoms with Gasteiger partial charge in [0.25, 0.3) is 0 Å². The molecule has 3 rings (SSSR count). The molecule has 2 unspecified atom stereocenters. The molecule has 0 saturated carbocycles. The molecule has 0 aliphatic carbocycles. The minimum absolute atomic E-state index is 0.333. The average Bonchev–Trinajstić information content (AvgIpc) is 2.98. The summed E-state index contributed by atoms with van der Waals surface area (Å²) in [5.41, 5.74) is 2.77. The Morgan fingerprint density at radius 1 is 0.950 bits per heavy atom. The first-order valence-corrected chi connectivity index (χ1v) is 7.87. The van der Waals surface area contributed by atoms with Crippen molar-refractivity contribution >= 4 is 21.4 Å². The zero-order chi connectivity index (χ0) is 13.9. The highest BCUT2D eigenvalue weighted by Crippen LogP contribution is 2.36. The zero-order valence-corrected chi connectivity index (χ0v) is 12.7. The van der Waals surface area contributed by atoms with Gasteiger partial charge in [-0.2, -0.15) is 0 Å². The van der Waals surface area contributed by atoms with Crippen molar-refractivity contribution in [2.24, 2.45) is 0 Å². The van der Waals surface area contributed by atoms with Crippen LogP contribution >= 0.6 is 11.3 Å². The monoisotopic (exact) mass is 281 g/mol. The van der Waals surface area contributed by atoms with Gasteiger partial charge in [0.1, 0.15) is 0 Å². The van der Waals surface area contributed by atoms with E-state index in [9.17, 15) is 0 Å². The van der Waals surface area contributed by atoms with Gasteiger partial charge < -0.3 is 5.32 Å². The van der Waals surface area contributed by atoms with Crippen molar-refractivity contribution in [3.63, 3.8) is 0 Å². The van der Waals surface area contributed by atoms with E-state index in [0.29, 0.717) is 12.0 Å². The standard InChI is InChI=1S/C18H19NS/c1-13(14-7-4-3-5-8-14)17(19-2)16-10-6-9-15-11-12-20-18(15)16/h3-13,17,19H,1-2H3. The molecule has 1 heterocycles. The fourth-order valence-electron chi connectivity index (χ4n) is 2.88. The summed E-state index contributed by atoms with van der Waals surface area (Å²) < 4.78 is 1.40. The number of rotatable bonds is 4. The van der Waals surface area contributed by atoms with Gasteiger partial charge in [-0.25, -0.2) is 0 Å². The summed E-state index contributed by atoms with van der Waals surface area (Å²) in [6.07, 6.45) is 0. The Balaban J connectivity index is 2.03. The van der Waals surface area contributed by atoms with Gasteiger partial charge in [0.2, 0.25) is 0 Å². The maximum atomic E-state index is 3.51. The lowest BCUT2D eigenvalue weighted by Gasteiger charge is -2.25. The van der Waals surface area contributed by atoms with Crippen molar-refractivity contribution in [2.45, 2.75) is 18.9 Å². The van der Waals surface area contributed by atoms with Gasteiger partial charge in [-0.3, -0.25) is 0 Å². The highest BCUT2D eigenvalue weighted by molar-refractivity contribution is 7.17. The molecular formula is C18H19NS. The highest BCUT2D eigenvalue weighted by Gasteiger charge is 2.21. The predicted molar refractivity (Wildman–Crippen MR) is 88.5 cm³/mol. The van der Waals surface area contributed by atoms with Gasteiger partial charge in [0, 0.05) is 16.7 Å². The molecule has 0 aliphatic heterocycles. The minimum atomic E-state index is 0.333. The molecule has 1 nitrogen and oxygen atoms in total. The van der Waals surface area contributed by atoms with Crippen molar-refractivity contribution in [1.29, 1.82) is 0 Å². The van der Waals surface area contributed by atoms with Crippen LogP contribution in [0.4, 0.5) is 0 Å². The molecule has 1 N–H and O–H groups in total. The summed E-state index contributed by atoms with van der Waals surface area (Å²) in [4.78, 5) is 0. The number of hydrogen-bond acceptors (Lipinski definition) is 2. The van der Waals surface area contributed by atoms with E-state index in [0.717, 1.165) is 0 Å². The summed E-state index contributed by atoms with van der Waals surface area (Å²) in [7, 11) is 2.05. The van der Waals surface area contributed by atoms with Crippen LogP contribution in [0, 0.1) is 0 Å². The Morgan fingerprint density at radius 3 is 2.50 bits per heavy atom. The van der Waals surface area contributed by atoms with Crippen LogP contribution in [0.3, 0.4) is 0 Å². The van der Waals surface area contributed by atoms with E-state index in [-0.39, 0.29) is 0 Å². The largest absolute Gasteiger partial charge is 0.312 e. The van der Waals surface area contributed by atoms with E-state index < -0.39 is 0 Å². The van der Waals surface area contributed by atoms with Crippen LogP contribution in [0.25, 0.3) is 10.1 Å². The highest BCUT2D eigenvalue weighted by atomic mass is 32.1. The van der Waals surface area contributed by atoms with E-state index in [4.69, 9.17) is 0 Å². The minimum Gasteiger partial charge on any atom is -0.312 e. The quantitative estimate of drug-likeness (QED) is 0.712. The zero-order valence-electron chi connectivity index (χ0n) is 11.8. The summed E-state index contributed by atoms with van der Waals surface area (Å²) in [5.74, 6) is 0.439. The Labute approximate surface area is 124 Å². The third-order valence-corrected chi connectivity index (χ3v) is 4.96. The third kappa shape index (κ3) is 2.37. The van der Waals surface area contributed by atoms with Crippen molar-refractivity contribution in [3.05, 3.63) is 71.1 Å². The molecule has 0 radical (unpaired) electrons. The molecule has 0 spiro atoms. The van der Waals surface area contributed by atoms with Crippen LogP contribution < -0.4 is 5.32 Å². The summed E-state index contributed by atoms with van der Waals surface area (Å²) in [6.45, 7) is 2.29. The molecular weight excluding hydrogens is 262 g/mol. The molecule has 20 heavy (non-hydrogen) atoms. The Kier molecular flexibility index (Phi) is 3.86. The van der Waals surface area contributed by atoms with Crippen molar-refractivity contribution < 1.29 is 0 Å². The van der Waals surface area contributed by atoms with Crippen LogP contribution in [0.15, 0.2) is 60.0 Å². The Morgan fingerprint density at radius 2 is 1.75 bits per heavy atom. The average molecular weight is 281 g/mol. The summed E-state index contributed by atoms with van der Waals surface area (Å²) >= 11 is 1.83. The second kappa shape index (κ2) is 5.78. The fourth-order valence-corrected chi connectivity index (χ4v) is 3.84. The second-order valence-electron chi connectivity index (χ2n) is 5.15. The number of benzene rings is 2. The van der Waals surface area contributed by atoms with Crippen LogP contribution in [-0.2, 0) is 0 Å². The van der Waals surface area contributed by atoms with Crippen molar-refractivity contribution in [1.82, 2.24) is 5.32 Å². The van der Waals surface area contributed by atoms with Crippen molar-refractivity contribution in [2.75, 3.05) is 7.05 Å². The number of fused-ring (bicyclic) bond motifs is 1. The number of thiophene rings is 1. The first-order valence-electron chi connectivity index (χ1n) is 6.99. The molecule has 2 aromatic carbocycles. The summed E-state index contributed by atoms with van der Waals surface area (Å²) in [5, 5.41) is 7.02. The molecule has 0 aliphatic rings. The Hall–Kier alpha value is -1.64. The topological polar surface area (TPSA) is 12.0 Å². The van der Waals surface area contributed by atoms with Gasteiger partial charge in [0.15, 0.2) is 0 Å². The predicted octanol–water partition coefficient (Wildman–Crippen LogP) is 4.97. The van der Waals surface area contributed by atoms with Gasteiger partial charge in [-0.15, -0.1) is 11.3 Å². The van der Waals surface area contributed by atoms with Crippen molar-refractivity contribution in [3.8, 4) is 0 Å². The summed E-state index contributed by atoms with van der Waals surface area (Å²) in [6, 6.07) is 19.9. The number of hydrogen-bond donors (Lipinski definition) is 1. The van der Waals surface area contributed by atoms with Crippen LogP contribution in [0.5, 0.6) is 0 Å². The molecule has 0 amide bonds. The molecule has 3 aromatic rings. The third-order valence-electron chi connectivity index (χ3n) is 3.98. The van der Waals surface area contributed by atoms with Crippen LogP contribution in [0.1, 0.15) is 30.0 Å². The molecule has 0 bridgehead atoms. The van der Waals surface area contributed by atoms with Crippen LogP contribution in [-0.4, -0.2) is 7.05 Å². The van der Waals surface area contributed by atoms with E-state index in [1.54, 1.807) is 0 Å². The normalized spacial score (nSPS) is 14.3. The molecule has 1 aromatic heterocycles. The number of nitrogens with one attached hydrogen (secondary N) is 1. The lowest BCUT2D eigenvalue weighted by molar-refractivity contribution is 0.511. The molecule has 0 fully saturated rings. The van der Waals surface area contributed by atoms with Gasteiger partial charge >= 0.3 is 0 Å². The molecule has 0 saturated heterocycles. The van der Waals surface area contributed by atoms with E-state index in [1.807, 2.05) is 11.3 Å². The van der Waals surface area contributed by atoms with E-state index in [2.05, 4.69) is 79.3 Å². The van der Waals surface area contributed by atoms with Crippen LogP contribution in [0.2, 0.25) is 0 Å². The van der Waals surface area contributed by atoms with Gasteiger partial charge in [-0.05, 0) is 35.0 Å².